The number of carbonyl (C=O) groups excluding carboxylic acids is 3. The molecule has 2 amide bonds. The number of carboxylic acid groups (broad SMARTS) is 1. The number of ether oxygens (including phenoxy) is 1. The third-order valence-electron chi connectivity index (χ3n) is 6.26. The fraction of sp³-hybridized carbons (Fsp3) is 0.778. The second-order valence-electron chi connectivity index (χ2n) is 11.8. The average Bonchev–Trinajstić information content (AvgIpc) is 2.83. The standard InChI is InChI=1S/C27H48B2N4O8/c1-15(2)26(40)41-14-27(5,6)13-20(25(38)39)33-23(36)17(11-21(28)34)18(9-7-8-10-30)32-24(37)19(12-22(29)35)31-16(3)4/h15-20,31,34-35H,7-14,30H2,1-6H3,(H,32,37)(H,33,36)(H,38,39). The molecule has 0 aliphatic carbocycles. The molecule has 230 valence electrons. The molecule has 0 aromatic carbocycles. The van der Waals surface area contributed by atoms with Crippen LogP contribution in [0.5, 0.6) is 0 Å². The number of carbonyl (C=O) groups is 4. The fourth-order valence-electron chi connectivity index (χ4n) is 4.17. The number of esters is 1. The number of aliphatic hydroxyl groups excluding tert-OH is 2. The summed E-state index contributed by atoms with van der Waals surface area (Å²) < 4.78 is 5.28. The number of unbranched alkanes of at least 4 members (excludes halogenated alkanes) is 1. The summed E-state index contributed by atoms with van der Waals surface area (Å²) in [5, 5.41) is 37.7. The van der Waals surface area contributed by atoms with E-state index in [1.807, 2.05) is 13.8 Å². The van der Waals surface area contributed by atoms with Gasteiger partial charge in [0.2, 0.25) is 0 Å². The number of carboxylic acids is 1. The van der Waals surface area contributed by atoms with E-state index in [0.717, 1.165) is 0 Å². The van der Waals surface area contributed by atoms with E-state index in [1.165, 1.54) is 0 Å². The first-order valence-corrected chi connectivity index (χ1v) is 14.0. The van der Waals surface area contributed by atoms with E-state index in [2.05, 4.69) is 16.0 Å². The number of hydrogen-bond donors (Lipinski definition) is 7. The van der Waals surface area contributed by atoms with Crippen LogP contribution >= 0.6 is 0 Å². The van der Waals surface area contributed by atoms with Gasteiger partial charge in [0.25, 0.3) is 0 Å². The summed E-state index contributed by atoms with van der Waals surface area (Å²) in [4.78, 5) is 50.8. The van der Waals surface area contributed by atoms with Crippen LogP contribution in [-0.2, 0) is 23.9 Å². The minimum absolute atomic E-state index is 0.0581. The van der Waals surface area contributed by atoms with Crippen LogP contribution in [0.4, 0.5) is 0 Å². The van der Waals surface area contributed by atoms with Crippen molar-refractivity contribution in [1.82, 2.24) is 16.0 Å². The molecule has 41 heavy (non-hydrogen) atoms. The maximum atomic E-state index is 13.5. The fourth-order valence-corrected chi connectivity index (χ4v) is 4.17. The van der Waals surface area contributed by atoms with Gasteiger partial charge in [-0.2, -0.15) is 0 Å². The van der Waals surface area contributed by atoms with Gasteiger partial charge < -0.3 is 0 Å². The van der Waals surface area contributed by atoms with Crippen molar-refractivity contribution in [3.63, 3.8) is 0 Å². The SMILES string of the molecule is [B]=C(O)CC(NC(C)C)C(=O)NC(CCCCN)C(CC(=[B])O)C(=O)NC(CC(C)(C)COC(=O)C(C)C)C(=O)O. The molecule has 12 nitrogen and oxygen atoms in total. The second kappa shape index (κ2) is 18.7. The first-order chi connectivity index (χ1) is 18.9. The molecule has 2 radical (unpaired) electrons. The molecule has 0 rings (SSSR count). The van der Waals surface area contributed by atoms with Crippen LogP contribution in [-0.4, -0.2) is 103 Å². The molecule has 0 saturated carbocycles. The summed E-state index contributed by atoms with van der Waals surface area (Å²) in [5.41, 5.74) is 3.80. The van der Waals surface area contributed by atoms with Crippen molar-refractivity contribution in [2.45, 2.75) is 104 Å². The third-order valence-corrected chi connectivity index (χ3v) is 6.26. The van der Waals surface area contributed by atoms with Crippen molar-refractivity contribution in [2.75, 3.05) is 13.2 Å². The quantitative estimate of drug-likeness (QED) is 0.0548. The van der Waals surface area contributed by atoms with Crippen LogP contribution in [0, 0.1) is 17.3 Å². The van der Waals surface area contributed by atoms with Crippen molar-refractivity contribution in [2.24, 2.45) is 23.0 Å². The molecular weight excluding hydrogens is 530 g/mol. The average molecular weight is 578 g/mol. The molecule has 4 atom stereocenters. The number of aliphatic hydroxyl groups is 2. The monoisotopic (exact) mass is 578 g/mol. The van der Waals surface area contributed by atoms with Gasteiger partial charge in [-0.25, -0.2) is 0 Å². The van der Waals surface area contributed by atoms with Crippen molar-refractivity contribution >= 4 is 50.0 Å². The van der Waals surface area contributed by atoms with Gasteiger partial charge in [-0.3, -0.25) is 0 Å². The van der Waals surface area contributed by atoms with Crippen LogP contribution in [0.1, 0.15) is 80.1 Å². The molecule has 0 bridgehead atoms. The van der Waals surface area contributed by atoms with Crippen molar-refractivity contribution < 1.29 is 39.2 Å². The Labute approximate surface area is 245 Å². The summed E-state index contributed by atoms with van der Waals surface area (Å²) in [6.45, 7) is 10.7. The van der Waals surface area contributed by atoms with E-state index in [1.54, 1.807) is 27.7 Å². The van der Waals surface area contributed by atoms with Gasteiger partial charge in [0.1, 0.15) is 0 Å². The second-order valence-corrected chi connectivity index (χ2v) is 11.8. The third kappa shape index (κ3) is 16.3. The Bertz CT molecular complexity index is 914. The predicted molar refractivity (Wildman–Crippen MR) is 159 cm³/mol. The minimum atomic E-state index is -1.36. The summed E-state index contributed by atoms with van der Waals surface area (Å²) in [6, 6.07) is -3.29. The Morgan fingerprint density at radius 1 is 0.878 bits per heavy atom. The number of aliphatic carboxylic acids is 1. The van der Waals surface area contributed by atoms with Gasteiger partial charge in [-0.15, -0.1) is 0 Å². The molecule has 4 unspecified atom stereocenters. The Morgan fingerprint density at radius 3 is 1.93 bits per heavy atom. The molecule has 0 spiro atoms. The number of nitrogens with two attached hydrogens (primary N) is 1. The van der Waals surface area contributed by atoms with Gasteiger partial charge in [-0.1, -0.05) is 13.8 Å². The number of hydrogen-bond acceptors (Lipinski definition) is 9. The normalized spacial score (nSPS) is 14.5. The Morgan fingerprint density at radius 2 is 1.46 bits per heavy atom. The number of nitrogens with one attached hydrogen (secondary N) is 3. The zero-order valence-electron chi connectivity index (χ0n) is 25.2. The summed E-state index contributed by atoms with van der Waals surface area (Å²) in [5.74, 6) is -4.52. The molecule has 14 heteroatoms. The Kier molecular flexibility index (Phi) is 17.4. The van der Waals surface area contributed by atoms with Gasteiger partial charge in [-0.05, 0) is 0 Å². The van der Waals surface area contributed by atoms with Gasteiger partial charge in [0.15, 0.2) is 0 Å². The van der Waals surface area contributed by atoms with Gasteiger partial charge in [0, 0.05) is 0 Å². The van der Waals surface area contributed by atoms with Crippen molar-refractivity contribution in [3.8, 4) is 0 Å². The van der Waals surface area contributed by atoms with Crippen LogP contribution in [0.2, 0.25) is 0 Å². The number of amides is 2. The molecule has 0 aliphatic rings. The van der Waals surface area contributed by atoms with Crippen LogP contribution in [0.25, 0.3) is 0 Å². The summed E-state index contributed by atoms with van der Waals surface area (Å²) >= 11 is 0. The zero-order chi connectivity index (χ0) is 31.9. The molecule has 0 aromatic rings. The first kappa shape index (κ1) is 38.3. The van der Waals surface area contributed by atoms with E-state index in [4.69, 9.17) is 25.4 Å². The maximum absolute atomic E-state index is 13.5. The molecule has 8 N–H and O–H groups in total. The Hall–Kier alpha value is -2.73. The molecule has 0 aliphatic heterocycles. The molecule has 0 aromatic heterocycles. The summed E-state index contributed by atoms with van der Waals surface area (Å²) in [6.07, 6.45) is 0.783. The molecule has 0 fully saturated rings. The molecule has 0 heterocycles. The molecule has 0 saturated heterocycles. The van der Waals surface area contributed by atoms with E-state index >= 15 is 0 Å². The van der Waals surface area contributed by atoms with Crippen molar-refractivity contribution in [1.29, 1.82) is 0 Å². The van der Waals surface area contributed by atoms with E-state index < -0.39 is 64.5 Å². The predicted octanol–water partition coefficient (Wildman–Crippen LogP) is -0.110. The van der Waals surface area contributed by atoms with Gasteiger partial charge >= 0.3 is 232 Å². The van der Waals surface area contributed by atoms with Crippen LogP contribution < -0.4 is 21.7 Å². The van der Waals surface area contributed by atoms with E-state index in [-0.39, 0.29) is 44.2 Å². The van der Waals surface area contributed by atoms with Crippen LogP contribution in [0.3, 0.4) is 0 Å². The Balaban J connectivity index is 6.04. The van der Waals surface area contributed by atoms with Crippen molar-refractivity contribution in [3.05, 3.63) is 0 Å². The first-order valence-electron chi connectivity index (χ1n) is 14.0. The topological polar surface area (TPSA) is 200 Å². The zero-order valence-corrected chi connectivity index (χ0v) is 25.2. The molecular formula is C27H48B2N4O8. The van der Waals surface area contributed by atoms with Gasteiger partial charge in [0.05, 0.1) is 0 Å². The summed E-state index contributed by atoms with van der Waals surface area (Å²) in [7, 11) is 11.0. The van der Waals surface area contributed by atoms with Crippen LogP contribution in [0.15, 0.2) is 0 Å². The number of rotatable bonds is 21. The van der Waals surface area contributed by atoms with E-state index in [0.29, 0.717) is 19.4 Å². The van der Waals surface area contributed by atoms with E-state index in [9.17, 15) is 34.5 Å².